The number of carbonyl (C=O) groups excluding carboxylic acids is 1. The van der Waals surface area contributed by atoms with E-state index in [1.54, 1.807) is 19.1 Å². The van der Waals surface area contributed by atoms with Gasteiger partial charge in [0, 0.05) is 17.8 Å². The number of aliphatic hydroxyl groups excluding tert-OH is 5. The number of rotatable bonds is 6. The number of hydrogen-bond acceptors (Lipinski definition) is 8. The Hall–Kier alpha value is -1.13. The fourth-order valence-corrected chi connectivity index (χ4v) is 3.73. The van der Waals surface area contributed by atoms with E-state index < -0.39 is 48.8 Å². The second-order valence-corrected chi connectivity index (χ2v) is 7.80. The maximum absolute atomic E-state index is 12.1. The summed E-state index contributed by atoms with van der Waals surface area (Å²) in [5.74, 6) is -0.219. The molecule has 0 unspecified atom stereocenters. The van der Waals surface area contributed by atoms with E-state index in [4.69, 9.17) is 9.47 Å². The van der Waals surface area contributed by atoms with Crippen LogP contribution in [0.3, 0.4) is 0 Å². The Kier molecular flexibility index (Phi) is 7.32. The van der Waals surface area contributed by atoms with Crippen LogP contribution in [0, 0.1) is 11.3 Å². The quantitative estimate of drug-likeness (QED) is 0.377. The summed E-state index contributed by atoms with van der Waals surface area (Å²) in [6.45, 7) is 4.82. The van der Waals surface area contributed by atoms with Crippen LogP contribution in [0.2, 0.25) is 0 Å². The predicted octanol–water partition coefficient (Wildman–Crippen LogP) is -0.718. The van der Waals surface area contributed by atoms with Crippen molar-refractivity contribution in [1.82, 2.24) is 0 Å². The molecule has 1 aliphatic carbocycles. The topological polar surface area (TPSA) is 137 Å². The molecule has 8 nitrogen and oxygen atoms in total. The van der Waals surface area contributed by atoms with Gasteiger partial charge in [-0.1, -0.05) is 24.6 Å². The minimum atomic E-state index is -1.52. The summed E-state index contributed by atoms with van der Waals surface area (Å²) >= 11 is 0. The van der Waals surface area contributed by atoms with Crippen molar-refractivity contribution in [2.45, 2.75) is 64.0 Å². The Bertz CT molecular complexity index is 584. The number of ether oxygens (including phenoxy) is 2. The Morgan fingerprint density at radius 3 is 2.59 bits per heavy atom. The van der Waals surface area contributed by atoms with Crippen LogP contribution in [0.25, 0.3) is 0 Å². The smallest absolute Gasteiger partial charge is 0.186 e. The molecule has 0 aromatic heterocycles. The van der Waals surface area contributed by atoms with Gasteiger partial charge >= 0.3 is 0 Å². The van der Waals surface area contributed by atoms with E-state index in [0.717, 1.165) is 5.57 Å². The minimum absolute atomic E-state index is 0.0292. The Morgan fingerprint density at radius 1 is 1.33 bits per heavy atom. The van der Waals surface area contributed by atoms with E-state index in [1.165, 1.54) is 0 Å². The highest BCUT2D eigenvalue weighted by molar-refractivity contribution is 5.92. The van der Waals surface area contributed by atoms with Gasteiger partial charge in [-0.2, -0.15) is 0 Å². The molecule has 154 valence electrons. The Labute approximate surface area is 158 Å². The van der Waals surface area contributed by atoms with Crippen LogP contribution < -0.4 is 0 Å². The van der Waals surface area contributed by atoms with Crippen molar-refractivity contribution < 1.29 is 39.8 Å². The zero-order valence-electron chi connectivity index (χ0n) is 15.9. The van der Waals surface area contributed by atoms with Crippen molar-refractivity contribution in [3.63, 3.8) is 0 Å². The van der Waals surface area contributed by atoms with Crippen LogP contribution in [-0.2, 0) is 14.3 Å². The maximum atomic E-state index is 12.1. The first-order valence-electron chi connectivity index (χ1n) is 9.08. The van der Waals surface area contributed by atoms with Gasteiger partial charge in [0.05, 0.1) is 19.3 Å². The highest BCUT2D eigenvalue weighted by atomic mass is 16.7. The summed E-state index contributed by atoms with van der Waals surface area (Å²) < 4.78 is 11.1. The first-order chi connectivity index (χ1) is 12.6. The van der Waals surface area contributed by atoms with Gasteiger partial charge in [-0.05, 0) is 19.9 Å². The molecule has 1 fully saturated rings. The molecule has 2 aliphatic rings. The zero-order chi connectivity index (χ0) is 20.4. The Balaban J connectivity index is 2.15. The summed E-state index contributed by atoms with van der Waals surface area (Å²) in [5, 5.41) is 48.6. The number of carbonyl (C=O) groups is 1. The monoisotopic (exact) mass is 386 g/mol. The SMILES string of the molecule is CC1=CC(=O)C[C@@](C)(CO[C@@H]2O[C@H](CO)[C@@H](O)[C@H](O)[C@H]2O)[C@H]1/C=C/[C@H](C)O. The molecule has 0 amide bonds. The second kappa shape index (κ2) is 8.91. The molecule has 0 bridgehead atoms. The maximum Gasteiger partial charge on any atom is 0.186 e. The summed E-state index contributed by atoms with van der Waals surface area (Å²) in [5.41, 5.74) is 0.183. The van der Waals surface area contributed by atoms with E-state index in [2.05, 4.69) is 0 Å². The first kappa shape index (κ1) is 22.2. The predicted molar refractivity (Wildman–Crippen MR) is 95.5 cm³/mol. The summed E-state index contributed by atoms with van der Waals surface area (Å²) in [7, 11) is 0. The summed E-state index contributed by atoms with van der Waals surface area (Å²) in [6, 6.07) is 0. The van der Waals surface area contributed by atoms with Crippen molar-refractivity contribution in [1.29, 1.82) is 0 Å². The zero-order valence-corrected chi connectivity index (χ0v) is 15.9. The number of ketones is 1. The van der Waals surface area contributed by atoms with Crippen LogP contribution >= 0.6 is 0 Å². The summed E-state index contributed by atoms with van der Waals surface area (Å²) in [4.78, 5) is 12.1. The van der Waals surface area contributed by atoms with Gasteiger partial charge in [0.2, 0.25) is 0 Å². The number of hydrogen-bond donors (Lipinski definition) is 5. The summed E-state index contributed by atoms with van der Waals surface area (Å²) in [6.07, 6.45) is -2.15. The van der Waals surface area contributed by atoms with E-state index in [0.29, 0.717) is 0 Å². The van der Waals surface area contributed by atoms with Crippen LogP contribution in [0.15, 0.2) is 23.8 Å². The highest BCUT2D eigenvalue weighted by Crippen LogP contribution is 2.42. The lowest BCUT2D eigenvalue weighted by atomic mass is 9.67. The van der Waals surface area contributed by atoms with Crippen molar-refractivity contribution in [2.75, 3.05) is 13.2 Å². The fraction of sp³-hybridized carbons (Fsp3) is 0.737. The lowest BCUT2D eigenvalue weighted by molar-refractivity contribution is -0.306. The average molecular weight is 386 g/mol. The molecule has 0 aromatic carbocycles. The number of aliphatic hydroxyl groups is 5. The van der Waals surface area contributed by atoms with Gasteiger partial charge in [-0.3, -0.25) is 4.79 Å². The molecule has 1 heterocycles. The highest BCUT2D eigenvalue weighted by Gasteiger charge is 2.46. The normalized spacial score (nSPS) is 41.6. The lowest BCUT2D eigenvalue weighted by Gasteiger charge is -2.43. The van der Waals surface area contributed by atoms with Gasteiger partial charge in [-0.25, -0.2) is 0 Å². The van der Waals surface area contributed by atoms with Gasteiger partial charge in [0.1, 0.15) is 24.4 Å². The van der Waals surface area contributed by atoms with Gasteiger partial charge < -0.3 is 35.0 Å². The van der Waals surface area contributed by atoms with E-state index >= 15 is 0 Å². The first-order valence-corrected chi connectivity index (χ1v) is 9.08. The van der Waals surface area contributed by atoms with Gasteiger partial charge in [0.25, 0.3) is 0 Å². The molecule has 1 aliphatic heterocycles. The second-order valence-electron chi connectivity index (χ2n) is 7.80. The van der Waals surface area contributed by atoms with Crippen molar-refractivity contribution >= 4 is 5.78 Å². The molecular weight excluding hydrogens is 356 g/mol. The molecule has 0 aromatic rings. The van der Waals surface area contributed by atoms with E-state index in [1.807, 2.05) is 19.9 Å². The molecule has 1 saturated heterocycles. The Morgan fingerprint density at radius 2 is 2.00 bits per heavy atom. The molecule has 27 heavy (non-hydrogen) atoms. The lowest BCUT2D eigenvalue weighted by Crippen LogP contribution is -2.59. The fourth-order valence-electron chi connectivity index (χ4n) is 3.73. The molecule has 5 N–H and O–H groups in total. The molecule has 8 atom stereocenters. The van der Waals surface area contributed by atoms with Crippen LogP contribution in [0.1, 0.15) is 27.2 Å². The van der Waals surface area contributed by atoms with Gasteiger partial charge in [0.15, 0.2) is 12.1 Å². The third-order valence-corrected chi connectivity index (χ3v) is 5.22. The minimum Gasteiger partial charge on any atom is -0.394 e. The molecule has 0 radical (unpaired) electrons. The third kappa shape index (κ3) is 5.03. The molecule has 8 heteroatoms. The molecular formula is C19H30O8. The van der Waals surface area contributed by atoms with Gasteiger partial charge in [-0.15, -0.1) is 0 Å². The van der Waals surface area contributed by atoms with Crippen LogP contribution in [-0.4, -0.2) is 81.3 Å². The van der Waals surface area contributed by atoms with Crippen LogP contribution in [0.5, 0.6) is 0 Å². The molecule has 2 rings (SSSR count). The van der Waals surface area contributed by atoms with E-state index in [9.17, 15) is 30.3 Å². The van der Waals surface area contributed by atoms with Crippen LogP contribution in [0.4, 0.5) is 0 Å². The third-order valence-electron chi connectivity index (χ3n) is 5.22. The average Bonchev–Trinajstić information content (AvgIpc) is 2.58. The van der Waals surface area contributed by atoms with E-state index in [-0.39, 0.29) is 24.7 Å². The van der Waals surface area contributed by atoms with Crippen molar-refractivity contribution in [3.8, 4) is 0 Å². The molecule has 0 spiro atoms. The standard InChI is InChI=1S/C19H30O8/c1-10-6-12(22)7-19(3,13(10)5-4-11(2)21)9-26-18-17(25)16(24)15(23)14(8-20)27-18/h4-6,11,13-18,20-21,23-25H,7-9H2,1-3H3/b5-4+/t11-,13-,14+,15+,16-,17+,18+,19-/m0/s1. The van der Waals surface area contributed by atoms with Crippen molar-refractivity contribution in [2.24, 2.45) is 11.3 Å². The largest absolute Gasteiger partial charge is 0.394 e. The molecule has 0 saturated carbocycles. The number of allylic oxidation sites excluding steroid dienone is 3. The van der Waals surface area contributed by atoms with Crippen molar-refractivity contribution in [3.05, 3.63) is 23.8 Å².